The summed E-state index contributed by atoms with van der Waals surface area (Å²) in [5.41, 5.74) is 4.23. The van der Waals surface area contributed by atoms with Crippen molar-refractivity contribution in [3.05, 3.63) is 52.9 Å². The van der Waals surface area contributed by atoms with Crippen molar-refractivity contribution in [2.75, 3.05) is 0 Å². The number of alkyl halides is 3. The van der Waals surface area contributed by atoms with Gasteiger partial charge in [0.15, 0.2) is 5.76 Å². The van der Waals surface area contributed by atoms with Gasteiger partial charge in [-0.05, 0) is 30.9 Å². The summed E-state index contributed by atoms with van der Waals surface area (Å²) in [7, 11) is 0. The first kappa shape index (κ1) is 13.1. The van der Waals surface area contributed by atoms with Gasteiger partial charge in [0.25, 0.3) is 0 Å². The normalized spacial score (nSPS) is 24.4. The van der Waals surface area contributed by atoms with E-state index in [2.05, 4.69) is 5.48 Å². The molecule has 0 saturated heterocycles. The molecule has 0 aromatic heterocycles. The lowest BCUT2D eigenvalue weighted by atomic mass is 9.86. The molecule has 2 nitrogen and oxygen atoms in total. The first-order chi connectivity index (χ1) is 9.55. The number of hydrogen-bond donors (Lipinski definition) is 1. The Morgan fingerprint density at radius 3 is 2.65 bits per heavy atom. The maximum absolute atomic E-state index is 13.0. The summed E-state index contributed by atoms with van der Waals surface area (Å²) in [5, 5.41) is 0. The summed E-state index contributed by atoms with van der Waals surface area (Å²) in [5.74, 6) is -0.937. The van der Waals surface area contributed by atoms with E-state index in [4.69, 9.17) is 4.84 Å². The second-order valence-electron chi connectivity index (χ2n) is 5.00. The predicted octanol–water partition coefficient (Wildman–Crippen LogP) is 4.18. The Morgan fingerprint density at radius 2 is 1.95 bits per heavy atom. The van der Waals surface area contributed by atoms with Crippen molar-refractivity contribution < 1.29 is 18.0 Å². The Hall–Kier alpha value is -1.91. The van der Waals surface area contributed by atoms with Crippen molar-refractivity contribution in [2.45, 2.75) is 25.4 Å². The number of hydroxylamine groups is 1. The SMILES string of the molecule is FC(F)(F)C1CCCC2=C1NO/C2=C/c1ccccc1. The van der Waals surface area contributed by atoms with Gasteiger partial charge in [-0.3, -0.25) is 0 Å². The van der Waals surface area contributed by atoms with Gasteiger partial charge in [-0.2, -0.15) is 13.2 Å². The zero-order valence-electron chi connectivity index (χ0n) is 10.7. The number of nitrogens with one attached hydrogen (secondary N) is 1. The van der Waals surface area contributed by atoms with Crippen molar-refractivity contribution in [3.8, 4) is 0 Å². The number of allylic oxidation sites excluding steroid dienone is 2. The van der Waals surface area contributed by atoms with Crippen LogP contribution in [0, 0.1) is 5.92 Å². The molecule has 2 aliphatic rings. The highest BCUT2D eigenvalue weighted by molar-refractivity contribution is 5.58. The van der Waals surface area contributed by atoms with E-state index >= 15 is 0 Å². The monoisotopic (exact) mass is 281 g/mol. The van der Waals surface area contributed by atoms with E-state index in [1.54, 1.807) is 6.08 Å². The van der Waals surface area contributed by atoms with Crippen molar-refractivity contribution >= 4 is 6.08 Å². The van der Waals surface area contributed by atoms with Crippen LogP contribution in [0.2, 0.25) is 0 Å². The quantitative estimate of drug-likeness (QED) is 0.833. The molecule has 1 heterocycles. The average Bonchev–Trinajstić information content (AvgIpc) is 2.82. The largest absolute Gasteiger partial charge is 0.397 e. The third-order valence-corrected chi connectivity index (χ3v) is 3.65. The van der Waals surface area contributed by atoms with Crippen LogP contribution in [0.15, 0.2) is 47.4 Å². The minimum absolute atomic E-state index is 0.122. The van der Waals surface area contributed by atoms with Crippen LogP contribution in [-0.4, -0.2) is 6.18 Å². The number of benzene rings is 1. The van der Waals surface area contributed by atoms with Crippen molar-refractivity contribution in [2.24, 2.45) is 5.92 Å². The molecule has 20 heavy (non-hydrogen) atoms. The van der Waals surface area contributed by atoms with Gasteiger partial charge in [-0.15, -0.1) is 0 Å². The minimum atomic E-state index is -4.22. The molecule has 1 aliphatic heterocycles. The van der Waals surface area contributed by atoms with E-state index in [0.717, 1.165) is 5.56 Å². The third-order valence-electron chi connectivity index (χ3n) is 3.65. The highest BCUT2D eigenvalue weighted by Crippen LogP contribution is 2.44. The summed E-state index contributed by atoms with van der Waals surface area (Å²) in [6, 6.07) is 9.42. The Kier molecular flexibility index (Phi) is 3.20. The standard InChI is InChI=1S/C15H14F3NO/c16-15(17,18)12-8-4-7-11-13(20-19-14(11)12)9-10-5-2-1-3-6-10/h1-3,5-6,9,12,19H,4,7-8H2/b13-9+. The molecule has 0 amide bonds. The minimum Gasteiger partial charge on any atom is -0.382 e. The van der Waals surface area contributed by atoms with Gasteiger partial charge in [0.05, 0.1) is 11.6 Å². The maximum atomic E-state index is 13.0. The molecule has 1 atom stereocenters. The Bertz CT molecular complexity index is 560. The fourth-order valence-corrected chi connectivity index (χ4v) is 2.68. The van der Waals surface area contributed by atoms with Crippen molar-refractivity contribution in [1.29, 1.82) is 0 Å². The number of halogens is 3. The molecule has 0 bridgehead atoms. The second kappa shape index (κ2) is 4.89. The van der Waals surface area contributed by atoms with E-state index in [1.807, 2.05) is 30.3 Å². The molecule has 1 aromatic carbocycles. The maximum Gasteiger partial charge on any atom is 0.397 e. The second-order valence-corrected chi connectivity index (χ2v) is 5.00. The Balaban J connectivity index is 1.94. The van der Waals surface area contributed by atoms with Crippen LogP contribution in [0.3, 0.4) is 0 Å². The first-order valence-electron chi connectivity index (χ1n) is 6.55. The van der Waals surface area contributed by atoms with E-state index in [-0.39, 0.29) is 12.1 Å². The number of hydrogen-bond acceptors (Lipinski definition) is 2. The summed E-state index contributed by atoms with van der Waals surface area (Å²) in [4.78, 5) is 5.27. The van der Waals surface area contributed by atoms with Crippen LogP contribution < -0.4 is 5.48 Å². The molecule has 1 unspecified atom stereocenters. The van der Waals surface area contributed by atoms with Crippen LogP contribution in [0.1, 0.15) is 24.8 Å². The van der Waals surface area contributed by atoms with E-state index in [0.29, 0.717) is 24.2 Å². The highest BCUT2D eigenvalue weighted by atomic mass is 19.4. The first-order valence-corrected chi connectivity index (χ1v) is 6.55. The van der Waals surface area contributed by atoms with Crippen molar-refractivity contribution in [3.63, 3.8) is 0 Å². The molecule has 1 aliphatic carbocycles. The smallest absolute Gasteiger partial charge is 0.382 e. The molecule has 106 valence electrons. The van der Waals surface area contributed by atoms with E-state index in [9.17, 15) is 13.2 Å². The van der Waals surface area contributed by atoms with Gasteiger partial charge in [-0.25, -0.2) is 5.48 Å². The Labute approximate surface area is 114 Å². The molecular formula is C15H14F3NO. The van der Waals surface area contributed by atoms with E-state index in [1.165, 1.54) is 0 Å². The Morgan fingerprint density at radius 1 is 1.20 bits per heavy atom. The average molecular weight is 281 g/mol. The zero-order valence-corrected chi connectivity index (χ0v) is 10.7. The van der Waals surface area contributed by atoms with Crippen LogP contribution in [0.4, 0.5) is 13.2 Å². The summed E-state index contributed by atoms with van der Waals surface area (Å²) >= 11 is 0. The van der Waals surface area contributed by atoms with Crippen LogP contribution in [0.25, 0.3) is 6.08 Å². The fraction of sp³-hybridized carbons (Fsp3) is 0.333. The summed E-state index contributed by atoms with van der Waals surface area (Å²) < 4.78 is 39.0. The molecule has 0 fully saturated rings. The zero-order chi connectivity index (χ0) is 14.2. The molecule has 0 radical (unpaired) electrons. The van der Waals surface area contributed by atoms with Crippen molar-refractivity contribution in [1.82, 2.24) is 5.48 Å². The van der Waals surface area contributed by atoms with Gasteiger partial charge in [0, 0.05) is 5.57 Å². The lowest BCUT2D eigenvalue weighted by Crippen LogP contribution is -2.31. The number of rotatable bonds is 1. The molecular weight excluding hydrogens is 267 g/mol. The van der Waals surface area contributed by atoms with Crippen LogP contribution in [-0.2, 0) is 4.84 Å². The molecule has 5 heteroatoms. The lowest BCUT2D eigenvalue weighted by molar-refractivity contribution is -0.170. The molecule has 1 aromatic rings. The van der Waals surface area contributed by atoms with Gasteiger partial charge >= 0.3 is 6.18 Å². The topological polar surface area (TPSA) is 21.3 Å². The predicted molar refractivity (Wildman–Crippen MR) is 69.1 cm³/mol. The van der Waals surface area contributed by atoms with Gasteiger partial charge in [0.1, 0.15) is 0 Å². The fourth-order valence-electron chi connectivity index (χ4n) is 2.68. The lowest BCUT2D eigenvalue weighted by Gasteiger charge is -2.24. The summed E-state index contributed by atoms with van der Waals surface area (Å²) in [6.07, 6.45) is -1.18. The van der Waals surface area contributed by atoms with Crippen LogP contribution in [0.5, 0.6) is 0 Å². The molecule has 1 N–H and O–H groups in total. The van der Waals surface area contributed by atoms with Gasteiger partial charge < -0.3 is 4.84 Å². The third kappa shape index (κ3) is 2.40. The molecule has 0 spiro atoms. The van der Waals surface area contributed by atoms with E-state index < -0.39 is 12.1 Å². The van der Waals surface area contributed by atoms with Gasteiger partial charge in [-0.1, -0.05) is 30.3 Å². The van der Waals surface area contributed by atoms with Crippen LogP contribution >= 0.6 is 0 Å². The molecule has 3 rings (SSSR count). The highest BCUT2D eigenvalue weighted by Gasteiger charge is 2.46. The molecule has 0 saturated carbocycles. The summed E-state index contributed by atoms with van der Waals surface area (Å²) in [6.45, 7) is 0. The van der Waals surface area contributed by atoms with Gasteiger partial charge in [0.2, 0.25) is 0 Å².